The third kappa shape index (κ3) is 4.92. The first-order valence-electron chi connectivity index (χ1n) is 10.3. The maximum absolute atomic E-state index is 11.7. The Morgan fingerprint density at radius 2 is 1.59 bits per heavy atom. The van der Waals surface area contributed by atoms with Crippen molar-refractivity contribution in [3.05, 3.63) is 103 Å². The molecule has 32 heavy (non-hydrogen) atoms. The summed E-state index contributed by atoms with van der Waals surface area (Å²) in [6.07, 6.45) is 1.64. The fraction of sp³-hybridized carbons (Fsp3) is 0.115. The van der Waals surface area contributed by atoms with Crippen LogP contribution in [0.25, 0.3) is 11.3 Å². The molecule has 6 heteroatoms. The van der Waals surface area contributed by atoms with Crippen LogP contribution < -0.4 is 9.64 Å². The van der Waals surface area contributed by atoms with E-state index in [0.717, 1.165) is 16.9 Å². The van der Waals surface area contributed by atoms with Gasteiger partial charge in [-0.1, -0.05) is 48.5 Å². The van der Waals surface area contributed by atoms with Gasteiger partial charge in [-0.05, 0) is 55.0 Å². The van der Waals surface area contributed by atoms with Crippen molar-refractivity contribution in [2.24, 2.45) is 0 Å². The number of anilines is 2. The largest absolute Gasteiger partial charge is 0.489 e. The summed E-state index contributed by atoms with van der Waals surface area (Å²) in [6.45, 7) is 2.11. The lowest BCUT2D eigenvalue weighted by Gasteiger charge is -2.26. The Morgan fingerprint density at radius 1 is 0.938 bits per heavy atom. The zero-order chi connectivity index (χ0) is 22.3. The van der Waals surface area contributed by atoms with Crippen molar-refractivity contribution in [1.82, 2.24) is 9.97 Å². The van der Waals surface area contributed by atoms with Gasteiger partial charge in [0.2, 0.25) is 5.95 Å². The number of benzene rings is 3. The molecule has 1 heterocycles. The number of carbonyl (C=O) groups is 1. The number of para-hydroxylation sites is 1. The van der Waals surface area contributed by atoms with Gasteiger partial charge >= 0.3 is 5.97 Å². The zero-order valence-electron chi connectivity index (χ0n) is 17.6. The van der Waals surface area contributed by atoms with Crippen LogP contribution in [-0.2, 0) is 11.4 Å². The number of carboxylic acids is 1. The van der Waals surface area contributed by atoms with Crippen molar-refractivity contribution in [2.45, 2.75) is 19.6 Å². The highest BCUT2D eigenvalue weighted by molar-refractivity contribution is 5.81. The minimum Gasteiger partial charge on any atom is -0.489 e. The molecule has 3 aromatic carbocycles. The number of carboxylic acid groups (broad SMARTS) is 1. The zero-order valence-corrected chi connectivity index (χ0v) is 17.6. The number of aliphatic carboxylic acids is 1. The molecule has 1 atom stereocenters. The van der Waals surface area contributed by atoms with Crippen LogP contribution in [0.15, 0.2) is 97.2 Å². The molecule has 0 saturated heterocycles. The van der Waals surface area contributed by atoms with Gasteiger partial charge in [0.05, 0.1) is 5.69 Å². The van der Waals surface area contributed by atoms with Crippen LogP contribution in [0.2, 0.25) is 0 Å². The van der Waals surface area contributed by atoms with Crippen LogP contribution in [0, 0.1) is 0 Å². The molecule has 1 N–H and O–H groups in total. The quantitative estimate of drug-likeness (QED) is 0.411. The van der Waals surface area contributed by atoms with Crippen LogP contribution >= 0.6 is 0 Å². The monoisotopic (exact) mass is 425 g/mol. The lowest BCUT2D eigenvalue weighted by molar-refractivity contribution is -0.138. The van der Waals surface area contributed by atoms with E-state index in [4.69, 9.17) is 4.74 Å². The Kier molecular flexibility index (Phi) is 6.41. The number of rotatable bonds is 8. The Labute approximate surface area is 186 Å². The van der Waals surface area contributed by atoms with Crippen LogP contribution in [0.3, 0.4) is 0 Å². The van der Waals surface area contributed by atoms with Crippen LogP contribution in [0.5, 0.6) is 5.75 Å². The van der Waals surface area contributed by atoms with Gasteiger partial charge in [0.15, 0.2) is 0 Å². The first-order chi connectivity index (χ1) is 15.6. The lowest BCUT2D eigenvalue weighted by Crippen LogP contribution is -2.36. The summed E-state index contributed by atoms with van der Waals surface area (Å²) in [5.41, 5.74) is 3.40. The number of hydrogen-bond donors (Lipinski definition) is 1. The molecular formula is C26H23N3O3. The Balaban J connectivity index is 1.57. The second-order valence-electron chi connectivity index (χ2n) is 7.26. The van der Waals surface area contributed by atoms with Crippen LogP contribution in [0.1, 0.15) is 12.5 Å². The second kappa shape index (κ2) is 9.75. The Morgan fingerprint density at radius 3 is 2.25 bits per heavy atom. The summed E-state index contributed by atoms with van der Waals surface area (Å²) in [5, 5.41) is 9.61. The van der Waals surface area contributed by atoms with Crippen molar-refractivity contribution in [3.8, 4) is 17.0 Å². The minimum absolute atomic E-state index is 0.327. The predicted molar refractivity (Wildman–Crippen MR) is 124 cm³/mol. The lowest BCUT2D eigenvalue weighted by atomic mass is 10.1. The summed E-state index contributed by atoms with van der Waals surface area (Å²) in [7, 11) is 0. The maximum Gasteiger partial charge on any atom is 0.326 e. The summed E-state index contributed by atoms with van der Waals surface area (Å²) in [5.74, 6) is 0.132. The van der Waals surface area contributed by atoms with E-state index in [-0.39, 0.29) is 0 Å². The molecule has 0 saturated carbocycles. The van der Waals surface area contributed by atoms with Crippen LogP contribution in [0.4, 0.5) is 11.6 Å². The fourth-order valence-corrected chi connectivity index (χ4v) is 3.30. The molecule has 0 bridgehead atoms. The molecule has 4 aromatic rings. The van der Waals surface area contributed by atoms with Gasteiger partial charge in [0.25, 0.3) is 0 Å². The fourth-order valence-electron chi connectivity index (χ4n) is 3.30. The molecule has 0 spiro atoms. The van der Waals surface area contributed by atoms with Gasteiger partial charge in [-0.2, -0.15) is 0 Å². The summed E-state index contributed by atoms with van der Waals surface area (Å²) >= 11 is 0. The summed E-state index contributed by atoms with van der Waals surface area (Å²) in [4.78, 5) is 22.4. The molecule has 1 aromatic heterocycles. The van der Waals surface area contributed by atoms with Crippen molar-refractivity contribution < 1.29 is 14.6 Å². The molecule has 0 aliphatic rings. The third-order valence-corrected chi connectivity index (χ3v) is 5.04. The van der Waals surface area contributed by atoms with Crippen molar-refractivity contribution in [3.63, 3.8) is 0 Å². The van der Waals surface area contributed by atoms with Crippen molar-refractivity contribution in [1.29, 1.82) is 0 Å². The van der Waals surface area contributed by atoms with Crippen LogP contribution in [-0.4, -0.2) is 27.1 Å². The van der Waals surface area contributed by atoms with E-state index in [2.05, 4.69) is 9.97 Å². The van der Waals surface area contributed by atoms with E-state index >= 15 is 0 Å². The maximum atomic E-state index is 11.7. The highest BCUT2D eigenvalue weighted by atomic mass is 16.5. The molecule has 0 aliphatic heterocycles. The van der Waals surface area contributed by atoms with E-state index in [1.807, 2.05) is 84.9 Å². The standard InChI is InChI=1S/C26H23N3O3/c1-19(25(30)31)29(22-10-6-3-7-11-22)26-27-17-16-24(28-26)21-12-14-23(15-13-21)32-18-20-8-4-2-5-9-20/h2-17,19H,18H2,1H3,(H,30,31)/t19-/m0/s1. The normalized spacial score (nSPS) is 11.5. The number of nitrogens with zero attached hydrogens (tertiary/aromatic N) is 3. The SMILES string of the molecule is C[C@@H](C(=O)O)N(c1ccccc1)c1nccc(-c2ccc(OCc3ccccc3)cc2)n1. The molecule has 6 nitrogen and oxygen atoms in total. The number of ether oxygens (including phenoxy) is 1. The average molecular weight is 425 g/mol. The first kappa shape index (κ1) is 21.1. The molecule has 160 valence electrons. The smallest absolute Gasteiger partial charge is 0.326 e. The molecule has 4 rings (SSSR count). The molecule has 0 aliphatic carbocycles. The predicted octanol–water partition coefficient (Wildman–Crippen LogP) is 5.33. The molecule has 0 radical (unpaired) electrons. The number of hydrogen-bond acceptors (Lipinski definition) is 5. The van der Waals surface area contributed by atoms with Gasteiger partial charge in [-0.25, -0.2) is 14.8 Å². The molecular weight excluding hydrogens is 402 g/mol. The Hall–Kier alpha value is -4.19. The highest BCUT2D eigenvalue weighted by Crippen LogP contribution is 2.28. The van der Waals surface area contributed by atoms with E-state index in [9.17, 15) is 9.90 Å². The number of aromatic nitrogens is 2. The first-order valence-corrected chi connectivity index (χ1v) is 10.3. The van der Waals surface area contributed by atoms with Gasteiger partial charge in [-0.15, -0.1) is 0 Å². The van der Waals surface area contributed by atoms with Gasteiger partial charge in [0, 0.05) is 17.4 Å². The van der Waals surface area contributed by atoms with E-state index < -0.39 is 12.0 Å². The van der Waals surface area contributed by atoms with E-state index in [0.29, 0.717) is 23.9 Å². The molecule has 0 unspecified atom stereocenters. The van der Waals surface area contributed by atoms with E-state index in [1.165, 1.54) is 0 Å². The van der Waals surface area contributed by atoms with Crippen molar-refractivity contribution in [2.75, 3.05) is 4.90 Å². The molecule has 0 amide bonds. The average Bonchev–Trinajstić information content (AvgIpc) is 2.85. The van der Waals surface area contributed by atoms with Gasteiger partial charge in [0.1, 0.15) is 18.4 Å². The second-order valence-corrected chi connectivity index (χ2v) is 7.26. The van der Waals surface area contributed by atoms with Gasteiger partial charge < -0.3 is 9.84 Å². The van der Waals surface area contributed by atoms with E-state index in [1.54, 1.807) is 24.1 Å². The topological polar surface area (TPSA) is 75.5 Å². The third-order valence-electron chi connectivity index (χ3n) is 5.04. The highest BCUT2D eigenvalue weighted by Gasteiger charge is 2.25. The summed E-state index contributed by atoms with van der Waals surface area (Å²) < 4.78 is 5.85. The Bertz CT molecular complexity index is 1170. The summed E-state index contributed by atoms with van der Waals surface area (Å²) in [6, 6.07) is 27.9. The van der Waals surface area contributed by atoms with Gasteiger partial charge in [-0.3, -0.25) is 4.90 Å². The van der Waals surface area contributed by atoms with Crippen molar-refractivity contribution >= 4 is 17.6 Å². The molecule has 0 fully saturated rings. The minimum atomic E-state index is -0.956.